The molecule has 1 aliphatic heterocycles. The average molecular weight is 473 g/mol. The Labute approximate surface area is 196 Å². The number of carbonyl (C=O) groups excluding carboxylic acids is 1. The van der Waals surface area contributed by atoms with Crippen LogP contribution in [0.5, 0.6) is 11.5 Å². The summed E-state index contributed by atoms with van der Waals surface area (Å²) in [5, 5.41) is 9.66. The maximum Gasteiger partial charge on any atom is 0.255 e. The highest BCUT2D eigenvalue weighted by Gasteiger charge is 2.24. The van der Waals surface area contributed by atoms with Crippen LogP contribution in [0.15, 0.2) is 48.5 Å². The first-order chi connectivity index (χ1) is 15.5. The van der Waals surface area contributed by atoms with E-state index in [-0.39, 0.29) is 5.91 Å². The number of methoxy groups -OCH3 is 2. The highest BCUT2D eigenvalue weighted by molar-refractivity contribution is 6.35. The molecule has 0 bridgehead atoms. The summed E-state index contributed by atoms with van der Waals surface area (Å²) < 4.78 is 10.6. The Bertz CT molecular complexity index is 1120. The largest absolute Gasteiger partial charge is 0.493 e. The average Bonchev–Trinajstić information content (AvgIpc) is 2.85. The summed E-state index contributed by atoms with van der Waals surface area (Å²) in [6, 6.07) is 14.4. The molecule has 2 heterocycles. The zero-order valence-corrected chi connectivity index (χ0v) is 19.2. The van der Waals surface area contributed by atoms with Crippen molar-refractivity contribution in [3.05, 3.63) is 64.1 Å². The maximum atomic E-state index is 12.8. The van der Waals surface area contributed by atoms with E-state index < -0.39 is 0 Å². The zero-order valence-electron chi connectivity index (χ0n) is 17.7. The first kappa shape index (κ1) is 22.2. The smallest absolute Gasteiger partial charge is 0.255 e. The molecule has 166 valence electrons. The fraction of sp³-hybridized carbons (Fsp3) is 0.261. The first-order valence-electron chi connectivity index (χ1n) is 10.1. The van der Waals surface area contributed by atoms with Gasteiger partial charge in [0.2, 0.25) is 0 Å². The predicted molar refractivity (Wildman–Crippen MR) is 125 cm³/mol. The zero-order chi connectivity index (χ0) is 22.7. The van der Waals surface area contributed by atoms with Crippen molar-refractivity contribution in [1.29, 1.82) is 0 Å². The summed E-state index contributed by atoms with van der Waals surface area (Å²) in [4.78, 5) is 16.7. The number of ether oxygens (including phenoxy) is 2. The SMILES string of the molecule is COc1ccc(-c2ccc(N3CCN(C(=O)c4cc(Cl)ccc4Cl)CC3)nn2)cc1OC. The van der Waals surface area contributed by atoms with Crippen LogP contribution in [0, 0.1) is 0 Å². The number of halogens is 2. The molecule has 4 rings (SSSR count). The van der Waals surface area contributed by atoms with Gasteiger partial charge in [-0.3, -0.25) is 4.79 Å². The van der Waals surface area contributed by atoms with E-state index in [9.17, 15) is 4.79 Å². The molecule has 9 heteroatoms. The number of amides is 1. The van der Waals surface area contributed by atoms with Crippen LogP contribution in [-0.2, 0) is 0 Å². The van der Waals surface area contributed by atoms with Gasteiger partial charge < -0.3 is 19.3 Å². The second kappa shape index (κ2) is 9.63. The van der Waals surface area contributed by atoms with Crippen molar-refractivity contribution in [2.75, 3.05) is 45.3 Å². The number of aromatic nitrogens is 2. The topological polar surface area (TPSA) is 67.8 Å². The molecule has 1 amide bonds. The number of hydrogen-bond donors (Lipinski definition) is 0. The van der Waals surface area contributed by atoms with Crippen molar-refractivity contribution in [2.45, 2.75) is 0 Å². The fourth-order valence-corrected chi connectivity index (χ4v) is 3.98. The molecule has 0 unspecified atom stereocenters. The Balaban J connectivity index is 1.42. The van der Waals surface area contributed by atoms with Gasteiger partial charge in [-0.1, -0.05) is 23.2 Å². The maximum absolute atomic E-state index is 12.8. The van der Waals surface area contributed by atoms with Crippen molar-refractivity contribution < 1.29 is 14.3 Å². The standard InChI is InChI=1S/C23H22Cl2N4O3/c1-31-20-7-3-15(13-21(20)32-2)19-6-8-22(27-26-19)28-9-11-29(12-10-28)23(30)17-14-16(24)4-5-18(17)25/h3-8,13-14H,9-12H2,1-2H3. The summed E-state index contributed by atoms with van der Waals surface area (Å²) in [6.45, 7) is 2.41. The summed E-state index contributed by atoms with van der Waals surface area (Å²) in [7, 11) is 3.20. The third-order valence-electron chi connectivity index (χ3n) is 5.38. The highest BCUT2D eigenvalue weighted by atomic mass is 35.5. The van der Waals surface area contributed by atoms with Crippen LogP contribution in [0.2, 0.25) is 10.0 Å². The van der Waals surface area contributed by atoms with Crippen LogP contribution >= 0.6 is 23.2 Å². The molecular weight excluding hydrogens is 451 g/mol. The fourth-order valence-electron chi connectivity index (χ4n) is 3.61. The van der Waals surface area contributed by atoms with Gasteiger partial charge in [0.25, 0.3) is 5.91 Å². The van der Waals surface area contributed by atoms with Crippen molar-refractivity contribution in [3.8, 4) is 22.8 Å². The van der Waals surface area contributed by atoms with Gasteiger partial charge in [-0.2, -0.15) is 0 Å². The molecule has 2 aromatic carbocycles. The predicted octanol–water partition coefficient (Wildman–Crippen LogP) is 4.43. The molecule has 32 heavy (non-hydrogen) atoms. The molecule has 0 aliphatic carbocycles. The van der Waals surface area contributed by atoms with Crippen molar-refractivity contribution in [2.24, 2.45) is 0 Å². The Hall–Kier alpha value is -3.03. The second-order valence-electron chi connectivity index (χ2n) is 7.25. The van der Waals surface area contributed by atoms with Crippen molar-refractivity contribution in [1.82, 2.24) is 15.1 Å². The lowest BCUT2D eigenvalue weighted by molar-refractivity contribution is 0.0746. The Morgan fingerprint density at radius 3 is 2.28 bits per heavy atom. The lowest BCUT2D eigenvalue weighted by Crippen LogP contribution is -2.49. The van der Waals surface area contributed by atoms with Gasteiger partial charge in [0, 0.05) is 36.8 Å². The lowest BCUT2D eigenvalue weighted by atomic mass is 10.1. The van der Waals surface area contributed by atoms with Gasteiger partial charge in [-0.25, -0.2) is 0 Å². The van der Waals surface area contributed by atoms with Gasteiger partial charge in [-0.05, 0) is 48.5 Å². The third kappa shape index (κ3) is 4.59. The summed E-state index contributed by atoms with van der Waals surface area (Å²) in [5.74, 6) is 1.94. The lowest BCUT2D eigenvalue weighted by Gasteiger charge is -2.35. The van der Waals surface area contributed by atoms with E-state index in [4.69, 9.17) is 32.7 Å². The molecule has 1 aliphatic rings. The van der Waals surface area contributed by atoms with Crippen LogP contribution in [0.25, 0.3) is 11.3 Å². The van der Waals surface area contributed by atoms with Crippen LogP contribution in [0.4, 0.5) is 5.82 Å². The van der Waals surface area contributed by atoms with Crippen LogP contribution in [0.3, 0.4) is 0 Å². The molecule has 1 aromatic heterocycles. The van der Waals surface area contributed by atoms with Crippen LogP contribution < -0.4 is 14.4 Å². The minimum atomic E-state index is -0.118. The Morgan fingerprint density at radius 2 is 1.62 bits per heavy atom. The number of anilines is 1. The normalized spacial score (nSPS) is 13.8. The summed E-state index contributed by atoms with van der Waals surface area (Å²) in [6.07, 6.45) is 0. The molecular formula is C23H22Cl2N4O3. The van der Waals surface area contributed by atoms with E-state index in [0.717, 1.165) is 17.1 Å². The van der Waals surface area contributed by atoms with E-state index in [0.29, 0.717) is 53.3 Å². The molecule has 0 radical (unpaired) electrons. The summed E-state index contributed by atoms with van der Waals surface area (Å²) in [5.41, 5.74) is 2.04. The number of hydrogen-bond acceptors (Lipinski definition) is 6. The molecule has 0 saturated carbocycles. The Morgan fingerprint density at radius 1 is 0.875 bits per heavy atom. The van der Waals surface area contributed by atoms with Crippen LogP contribution in [-0.4, -0.2) is 61.4 Å². The monoisotopic (exact) mass is 472 g/mol. The van der Waals surface area contributed by atoms with Crippen molar-refractivity contribution in [3.63, 3.8) is 0 Å². The third-order valence-corrected chi connectivity index (χ3v) is 5.94. The van der Waals surface area contributed by atoms with Crippen LogP contribution in [0.1, 0.15) is 10.4 Å². The number of benzene rings is 2. The number of piperazine rings is 1. The van der Waals surface area contributed by atoms with E-state index in [1.165, 1.54) is 0 Å². The highest BCUT2D eigenvalue weighted by Crippen LogP contribution is 2.31. The molecule has 1 saturated heterocycles. The number of rotatable bonds is 5. The second-order valence-corrected chi connectivity index (χ2v) is 8.09. The van der Waals surface area contributed by atoms with Gasteiger partial charge in [0.1, 0.15) is 0 Å². The molecule has 1 fully saturated rings. The molecule has 0 atom stereocenters. The van der Waals surface area contributed by atoms with Gasteiger partial charge >= 0.3 is 0 Å². The molecule has 3 aromatic rings. The van der Waals surface area contributed by atoms with E-state index in [1.54, 1.807) is 37.3 Å². The minimum absolute atomic E-state index is 0.118. The Kier molecular flexibility index (Phi) is 6.67. The van der Waals surface area contributed by atoms with Crippen molar-refractivity contribution >= 4 is 34.9 Å². The quantitative estimate of drug-likeness (QED) is 0.546. The summed E-state index contributed by atoms with van der Waals surface area (Å²) >= 11 is 12.2. The van der Waals surface area contributed by atoms with E-state index in [1.807, 2.05) is 30.3 Å². The molecule has 0 N–H and O–H groups in total. The van der Waals surface area contributed by atoms with E-state index >= 15 is 0 Å². The number of carbonyl (C=O) groups is 1. The van der Waals surface area contributed by atoms with Gasteiger partial charge in [0.15, 0.2) is 17.3 Å². The van der Waals surface area contributed by atoms with Gasteiger partial charge in [0.05, 0.1) is 30.5 Å². The van der Waals surface area contributed by atoms with E-state index in [2.05, 4.69) is 15.1 Å². The first-order valence-corrected chi connectivity index (χ1v) is 10.8. The molecule has 7 nitrogen and oxygen atoms in total. The number of nitrogens with zero attached hydrogens (tertiary/aromatic N) is 4. The minimum Gasteiger partial charge on any atom is -0.493 e. The van der Waals surface area contributed by atoms with Gasteiger partial charge in [-0.15, -0.1) is 10.2 Å². The molecule has 0 spiro atoms.